The Bertz CT molecular complexity index is 808. The number of esters is 4. The van der Waals surface area contributed by atoms with Crippen LogP contribution in [0.2, 0.25) is 0 Å². The van der Waals surface area contributed by atoms with Crippen molar-refractivity contribution in [2.45, 2.75) is 64.3 Å². The molecule has 170 valence electrons. The summed E-state index contributed by atoms with van der Waals surface area (Å²) in [5.41, 5.74) is 0.644. The van der Waals surface area contributed by atoms with Crippen molar-refractivity contribution in [3.8, 4) is 0 Å². The Morgan fingerprint density at radius 1 is 0.871 bits per heavy atom. The lowest BCUT2D eigenvalue weighted by molar-refractivity contribution is -0.353. The summed E-state index contributed by atoms with van der Waals surface area (Å²) in [6, 6.07) is 8.73. The fourth-order valence-electron chi connectivity index (χ4n) is 3.54. The molecule has 2 rings (SSSR count). The summed E-state index contributed by atoms with van der Waals surface area (Å²) in [5, 5.41) is 9.92. The van der Waals surface area contributed by atoms with Crippen LogP contribution in [0.3, 0.4) is 0 Å². The van der Waals surface area contributed by atoms with E-state index in [2.05, 4.69) is 0 Å². The van der Waals surface area contributed by atoms with E-state index in [-0.39, 0.29) is 6.42 Å². The second-order valence-corrected chi connectivity index (χ2v) is 7.08. The highest BCUT2D eigenvalue weighted by atomic mass is 16.8. The maximum absolute atomic E-state index is 12.0. The van der Waals surface area contributed by atoms with Crippen molar-refractivity contribution in [2.75, 3.05) is 6.61 Å². The van der Waals surface area contributed by atoms with Crippen molar-refractivity contribution >= 4 is 23.9 Å². The second kappa shape index (κ2) is 10.4. The van der Waals surface area contributed by atoms with E-state index in [1.54, 1.807) is 30.3 Å². The quantitative estimate of drug-likeness (QED) is 0.478. The van der Waals surface area contributed by atoms with Gasteiger partial charge in [-0.25, -0.2) is 0 Å². The first-order chi connectivity index (χ1) is 14.6. The molecule has 1 N–H and O–H groups in total. The summed E-state index contributed by atoms with van der Waals surface area (Å²) in [4.78, 5) is 47.5. The molecule has 0 spiro atoms. The average Bonchev–Trinajstić information content (AvgIpc) is 2.66. The Morgan fingerprint density at radius 2 is 1.42 bits per heavy atom. The van der Waals surface area contributed by atoms with Crippen LogP contribution in [0.15, 0.2) is 30.3 Å². The zero-order valence-electron chi connectivity index (χ0n) is 17.7. The van der Waals surface area contributed by atoms with Gasteiger partial charge >= 0.3 is 23.9 Å². The van der Waals surface area contributed by atoms with Gasteiger partial charge in [-0.2, -0.15) is 0 Å². The lowest BCUT2D eigenvalue weighted by atomic mass is 9.87. The summed E-state index contributed by atoms with van der Waals surface area (Å²) < 4.78 is 27.4. The number of aliphatic hydroxyl groups is 1. The minimum atomic E-state index is -1.97. The van der Waals surface area contributed by atoms with Gasteiger partial charge in [-0.1, -0.05) is 30.3 Å². The van der Waals surface area contributed by atoms with E-state index < -0.39 is 60.7 Å². The summed E-state index contributed by atoms with van der Waals surface area (Å²) in [7, 11) is 0. The van der Waals surface area contributed by atoms with Crippen LogP contribution in [-0.4, -0.2) is 65.8 Å². The predicted molar refractivity (Wildman–Crippen MR) is 103 cm³/mol. The van der Waals surface area contributed by atoms with E-state index in [4.69, 9.17) is 23.7 Å². The molecule has 31 heavy (non-hydrogen) atoms. The summed E-state index contributed by atoms with van der Waals surface area (Å²) in [6.07, 6.45) is -5.59. The van der Waals surface area contributed by atoms with Gasteiger partial charge in [-0.05, 0) is 5.56 Å². The first-order valence-corrected chi connectivity index (χ1v) is 9.61. The molecular weight excluding hydrogens is 412 g/mol. The molecular formula is C21H26O10. The molecule has 0 aromatic heterocycles. The van der Waals surface area contributed by atoms with Gasteiger partial charge in [0.15, 0.2) is 12.2 Å². The molecule has 1 aromatic carbocycles. The third-order valence-corrected chi connectivity index (χ3v) is 4.46. The van der Waals surface area contributed by atoms with Crippen LogP contribution < -0.4 is 0 Å². The first-order valence-electron chi connectivity index (χ1n) is 9.61. The molecule has 0 bridgehead atoms. The number of carbonyl (C=O) groups is 4. The van der Waals surface area contributed by atoms with E-state index in [9.17, 15) is 24.3 Å². The minimum absolute atomic E-state index is 0.105. The molecule has 0 saturated carbocycles. The van der Waals surface area contributed by atoms with Crippen molar-refractivity contribution in [1.29, 1.82) is 0 Å². The molecule has 0 amide bonds. The Kier molecular flexibility index (Phi) is 8.12. The Balaban J connectivity index is 2.65. The van der Waals surface area contributed by atoms with Crippen LogP contribution >= 0.6 is 0 Å². The molecule has 1 aliphatic heterocycles. The van der Waals surface area contributed by atoms with Gasteiger partial charge in [0.25, 0.3) is 5.79 Å². The number of ether oxygens (including phenoxy) is 5. The number of hydrogen-bond donors (Lipinski definition) is 1. The number of benzene rings is 1. The van der Waals surface area contributed by atoms with Gasteiger partial charge in [-0.3, -0.25) is 19.2 Å². The van der Waals surface area contributed by atoms with Gasteiger partial charge in [0.05, 0.1) is 6.61 Å². The van der Waals surface area contributed by atoms with Crippen LogP contribution in [-0.2, 0) is 49.3 Å². The standard InChI is InChI=1S/C21H26O10/c1-12(23)27-18-17(11-22)31-21(30-15(4)26,10-16-8-6-5-7-9-16)20(29-14(3)25)19(18)28-13(2)24/h5-9,17-20,22H,10-11H2,1-4H3/t17-,18-,19+,20-,21-/m1/s1. The average molecular weight is 438 g/mol. The Morgan fingerprint density at radius 3 is 1.90 bits per heavy atom. The number of aliphatic hydroxyl groups excluding tert-OH is 1. The van der Waals surface area contributed by atoms with Crippen LogP contribution in [0.5, 0.6) is 0 Å². The minimum Gasteiger partial charge on any atom is -0.456 e. The number of hydrogen-bond acceptors (Lipinski definition) is 10. The van der Waals surface area contributed by atoms with E-state index >= 15 is 0 Å². The third kappa shape index (κ3) is 6.25. The van der Waals surface area contributed by atoms with Gasteiger partial charge in [-0.15, -0.1) is 0 Å². The fraction of sp³-hybridized carbons (Fsp3) is 0.524. The van der Waals surface area contributed by atoms with Crippen molar-refractivity contribution in [2.24, 2.45) is 0 Å². The van der Waals surface area contributed by atoms with E-state index in [1.165, 1.54) is 0 Å². The highest BCUT2D eigenvalue weighted by molar-refractivity contribution is 5.69. The zero-order valence-corrected chi connectivity index (χ0v) is 17.7. The molecule has 1 aliphatic rings. The van der Waals surface area contributed by atoms with E-state index in [0.29, 0.717) is 5.56 Å². The van der Waals surface area contributed by atoms with Gasteiger partial charge in [0.2, 0.25) is 6.10 Å². The molecule has 5 atom stereocenters. The zero-order chi connectivity index (χ0) is 23.2. The third-order valence-electron chi connectivity index (χ3n) is 4.46. The molecule has 1 aromatic rings. The molecule has 1 saturated heterocycles. The fourth-order valence-corrected chi connectivity index (χ4v) is 3.54. The highest BCUT2D eigenvalue weighted by Crippen LogP contribution is 2.39. The van der Waals surface area contributed by atoms with Crippen molar-refractivity contribution < 1.29 is 48.0 Å². The molecule has 0 aliphatic carbocycles. The maximum Gasteiger partial charge on any atom is 0.305 e. The van der Waals surface area contributed by atoms with E-state index in [1.807, 2.05) is 0 Å². The number of rotatable bonds is 7. The number of carbonyl (C=O) groups excluding carboxylic acids is 4. The van der Waals surface area contributed by atoms with Gasteiger partial charge in [0.1, 0.15) is 6.10 Å². The lowest BCUT2D eigenvalue weighted by Gasteiger charge is -2.50. The molecule has 10 heteroatoms. The predicted octanol–water partition coefficient (Wildman–Crippen LogP) is 0.675. The topological polar surface area (TPSA) is 135 Å². The van der Waals surface area contributed by atoms with Gasteiger partial charge in [0, 0.05) is 34.1 Å². The van der Waals surface area contributed by atoms with Crippen LogP contribution in [0.25, 0.3) is 0 Å². The molecule has 1 fully saturated rings. The van der Waals surface area contributed by atoms with Crippen LogP contribution in [0.4, 0.5) is 0 Å². The largest absolute Gasteiger partial charge is 0.456 e. The van der Waals surface area contributed by atoms with Crippen molar-refractivity contribution in [1.82, 2.24) is 0 Å². The normalized spacial score (nSPS) is 27.6. The molecule has 10 nitrogen and oxygen atoms in total. The summed E-state index contributed by atoms with van der Waals surface area (Å²) >= 11 is 0. The lowest BCUT2D eigenvalue weighted by Crippen LogP contribution is -2.69. The summed E-state index contributed by atoms with van der Waals surface area (Å²) in [6.45, 7) is 3.82. The highest BCUT2D eigenvalue weighted by Gasteiger charge is 2.61. The molecule has 0 radical (unpaired) electrons. The first kappa shape index (κ1) is 24.3. The summed E-state index contributed by atoms with van der Waals surface area (Å²) in [5.74, 6) is -5.02. The van der Waals surface area contributed by atoms with Crippen molar-refractivity contribution in [3.05, 3.63) is 35.9 Å². The van der Waals surface area contributed by atoms with Crippen LogP contribution in [0.1, 0.15) is 33.3 Å². The maximum atomic E-state index is 12.0. The second-order valence-electron chi connectivity index (χ2n) is 7.08. The monoisotopic (exact) mass is 438 g/mol. The molecule has 1 heterocycles. The SMILES string of the molecule is CC(=O)O[C@H]1[C@H](OC(C)=O)[C@@H](CO)O[C@@](Cc2ccccc2)(OC(C)=O)[C@@H]1OC(C)=O. The van der Waals surface area contributed by atoms with Crippen LogP contribution in [0, 0.1) is 0 Å². The smallest absolute Gasteiger partial charge is 0.305 e. The van der Waals surface area contributed by atoms with Gasteiger partial charge < -0.3 is 28.8 Å². The van der Waals surface area contributed by atoms with E-state index in [0.717, 1.165) is 27.7 Å². The Labute approximate surface area is 179 Å². The molecule has 0 unspecified atom stereocenters. The Hall–Kier alpha value is -2.98. The van der Waals surface area contributed by atoms with Crippen molar-refractivity contribution in [3.63, 3.8) is 0 Å².